The van der Waals surface area contributed by atoms with Crippen molar-refractivity contribution in [1.29, 1.82) is 0 Å². The number of hydrogen-bond acceptors (Lipinski definition) is 2. The van der Waals surface area contributed by atoms with Crippen molar-refractivity contribution in [3.05, 3.63) is 65.2 Å². The maximum Gasteiger partial charge on any atom is 0.240 e. The summed E-state index contributed by atoms with van der Waals surface area (Å²) in [5.41, 5.74) is 4.56. The number of carbonyl (C=O) groups is 1. The first kappa shape index (κ1) is 16.2. The molecule has 2 aromatic rings. The van der Waals surface area contributed by atoms with Crippen LogP contribution < -0.4 is 10.2 Å². The molecule has 2 aromatic carbocycles. The quantitative estimate of drug-likeness (QED) is 0.885. The van der Waals surface area contributed by atoms with Crippen LogP contribution in [0.15, 0.2) is 48.5 Å². The largest absolute Gasteiger partial charge is 0.312 e. The highest BCUT2D eigenvalue weighted by molar-refractivity contribution is 5.94. The van der Waals surface area contributed by atoms with Crippen molar-refractivity contribution in [1.82, 2.24) is 5.32 Å². The minimum absolute atomic E-state index is 0.0979. The summed E-state index contributed by atoms with van der Waals surface area (Å²) in [7, 11) is 0. The molecule has 0 spiro atoms. The molecule has 0 aliphatic carbocycles. The summed E-state index contributed by atoms with van der Waals surface area (Å²) in [6.07, 6.45) is 0. The predicted molar refractivity (Wildman–Crippen MR) is 92.1 cm³/mol. The molecule has 3 heteroatoms. The highest BCUT2D eigenvalue weighted by atomic mass is 16.2. The van der Waals surface area contributed by atoms with Crippen LogP contribution in [-0.4, -0.2) is 19.0 Å². The zero-order chi connectivity index (χ0) is 15.9. The fourth-order valence-corrected chi connectivity index (χ4v) is 2.53. The second kappa shape index (κ2) is 7.76. The molecule has 0 saturated heterocycles. The monoisotopic (exact) mass is 296 g/mol. The van der Waals surface area contributed by atoms with Gasteiger partial charge in [0.25, 0.3) is 0 Å². The number of nitrogens with one attached hydrogen (secondary N) is 1. The number of likely N-dealkylation sites (N-methyl/N-ethyl adjacent to an activating group) is 1. The Bertz CT molecular complexity index is 637. The lowest BCUT2D eigenvalue weighted by molar-refractivity contribution is -0.117. The van der Waals surface area contributed by atoms with Gasteiger partial charge in [-0.1, -0.05) is 42.0 Å². The molecule has 116 valence electrons. The van der Waals surface area contributed by atoms with E-state index < -0.39 is 0 Å². The predicted octanol–water partition coefficient (Wildman–Crippen LogP) is 3.45. The molecule has 0 aromatic heterocycles. The van der Waals surface area contributed by atoms with Crippen LogP contribution in [0.2, 0.25) is 0 Å². The van der Waals surface area contributed by atoms with Crippen molar-refractivity contribution < 1.29 is 4.79 Å². The SMILES string of the molecule is CCN(C(=O)CNCc1cccc(C)c1)c1cccc(C)c1. The molecule has 0 aliphatic heterocycles. The van der Waals surface area contributed by atoms with Gasteiger partial charge in [-0.2, -0.15) is 0 Å². The van der Waals surface area contributed by atoms with Crippen molar-refractivity contribution in [3.63, 3.8) is 0 Å². The Morgan fingerprint density at radius 1 is 1.05 bits per heavy atom. The van der Waals surface area contributed by atoms with E-state index in [9.17, 15) is 4.79 Å². The number of carbonyl (C=O) groups excluding carboxylic acids is 1. The van der Waals surface area contributed by atoms with Crippen molar-refractivity contribution >= 4 is 11.6 Å². The van der Waals surface area contributed by atoms with Crippen LogP contribution in [0.5, 0.6) is 0 Å². The van der Waals surface area contributed by atoms with E-state index in [2.05, 4.69) is 30.4 Å². The first-order valence-corrected chi connectivity index (χ1v) is 7.73. The second-order valence-electron chi connectivity index (χ2n) is 5.57. The number of hydrogen-bond donors (Lipinski definition) is 1. The van der Waals surface area contributed by atoms with Gasteiger partial charge in [-0.25, -0.2) is 0 Å². The Morgan fingerprint density at radius 2 is 1.73 bits per heavy atom. The first-order valence-electron chi connectivity index (χ1n) is 7.73. The van der Waals surface area contributed by atoms with E-state index in [-0.39, 0.29) is 5.91 Å². The third-order valence-electron chi connectivity index (χ3n) is 3.62. The standard InChI is InChI=1S/C19H24N2O/c1-4-21(18-10-6-8-16(3)12-18)19(22)14-20-13-17-9-5-7-15(2)11-17/h5-12,20H,4,13-14H2,1-3H3. The Hall–Kier alpha value is -2.13. The lowest BCUT2D eigenvalue weighted by Crippen LogP contribution is -2.38. The van der Waals surface area contributed by atoms with E-state index in [1.54, 1.807) is 0 Å². The Kier molecular flexibility index (Phi) is 5.73. The Labute approximate surface area is 133 Å². The molecule has 2 rings (SSSR count). The molecular weight excluding hydrogens is 272 g/mol. The highest BCUT2D eigenvalue weighted by Gasteiger charge is 2.13. The normalized spacial score (nSPS) is 10.5. The van der Waals surface area contributed by atoms with Gasteiger partial charge in [-0.15, -0.1) is 0 Å². The first-order chi connectivity index (χ1) is 10.6. The van der Waals surface area contributed by atoms with Crippen LogP contribution in [0.4, 0.5) is 5.69 Å². The highest BCUT2D eigenvalue weighted by Crippen LogP contribution is 2.15. The lowest BCUT2D eigenvalue weighted by atomic mass is 10.1. The van der Waals surface area contributed by atoms with Gasteiger partial charge in [0, 0.05) is 18.8 Å². The van der Waals surface area contributed by atoms with Gasteiger partial charge in [0.2, 0.25) is 5.91 Å². The van der Waals surface area contributed by atoms with E-state index in [0.29, 0.717) is 19.6 Å². The topological polar surface area (TPSA) is 32.3 Å². The lowest BCUT2D eigenvalue weighted by Gasteiger charge is -2.21. The summed E-state index contributed by atoms with van der Waals surface area (Å²) in [4.78, 5) is 14.2. The minimum atomic E-state index is 0.0979. The third kappa shape index (κ3) is 4.43. The maximum absolute atomic E-state index is 12.4. The summed E-state index contributed by atoms with van der Waals surface area (Å²) in [6, 6.07) is 16.4. The van der Waals surface area contributed by atoms with Gasteiger partial charge in [0.1, 0.15) is 0 Å². The number of aryl methyl sites for hydroxylation is 2. The molecule has 1 amide bonds. The number of nitrogens with zero attached hydrogens (tertiary/aromatic N) is 1. The van der Waals surface area contributed by atoms with Gasteiger partial charge in [0.05, 0.1) is 6.54 Å². The molecule has 0 radical (unpaired) electrons. The molecule has 0 saturated carbocycles. The van der Waals surface area contributed by atoms with Gasteiger partial charge >= 0.3 is 0 Å². The summed E-state index contributed by atoms with van der Waals surface area (Å²) in [5.74, 6) is 0.0979. The summed E-state index contributed by atoms with van der Waals surface area (Å²) in [6.45, 7) is 7.84. The number of rotatable bonds is 6. The summed E-state index contributed by atoms with van der Waals surface area (Å²) >= 11 is 0. The molecule has 0 aliphatic rings. The zero-order valence-electron chi connectivity index (χ0n) is 13.6. The minimum Gasteiger partial charge on any atom is -0.312 e. The summed E-state index contributed by atoms with van der Waals surface area (Å²) in [5, 5.41) is 3.24. The van der Waals surface area contributed by atoms with Crippen LogP contribution in [0, 0.1) is 13.8 Å². The van der Waals surface area contributed by atoms with Crippen LogP contribution in [0.25, 0.3) is 0 Å². The van der Waals surface area contributed by atoms with E-state index in [1.807, 2.05) is 49.1 Å². The molecule has 3 nitrogen and oxygen atoms in total. The molecule has 1 N–H and O–H groups in total. The van der Waals surface area contributed by atoms with Crippen molar-refractivity contribution in [2.75, 3.05) is 18.0 Å². The average Bonchev–Trinajstić information content (AvgIpc) is 2.48. The Balaban J connectivity index is 1.92. The van der Waals surface area contributed by atoms with Crippen LogP contribution >= 0.6 is 0 Å². The third-order valence-corrected chi connectivity index (χ3v) is 3.62. The molecule has 0 unspecified atom stereocenters. The molecule has 0 bridgehead atoms. The van der Waals surface area contributed by atoms with E-state index in [1.165, 1.54) is 11.1 Å². The maximum atomic E-state index is 12.4. The van der Waals surface area contributed by atoms with E-state index >= 15 is 0 Å². The average molecular weight is 296 g/mol. The van der Waals surface area contributed by atoms with Crippen LogP contribution in [0.3, 0.4) is 0 Å². The fraction of sp³-hybridized carbons (Fsp3) is 0.316. The number of benzene rings is 2. The molecule has 22 heavy (non-hydrogen) atoms. The molecule has 0 fully saturated rings. The van der Waals surface area contributed by atoms with Crippen LogP contribution in [-0.2, 0) is 11.3 Å². The number of amides is 1. The van der Waals surface area contributed by atoms with Crippen molar-refractivity contribution in [2.24, 2.45) is 0 Å². The van der Waals surface area contributed by atoms with Gasteiger partial charge in [-0.3, -0.25) is 4.79 Å². The van der Waals surface area contributed by atoms with Crippen LogP contribution in [0.1, 0.15) is 23.6 Å². The summed E-state index contributed by atoms with van der Waals surface area (Å²) < 4.78 is 0. The Morgan fingerprint density at radius 3 is 2.36 bits per heavy atom. The smallest absolute Gasteiger partial charge is 0.240 e. The molecule has 0 heterocycles. The van der Waals surface area contributed by atoms with Crippen molar-refractivity contribution in [3.8, 4) is 0 Å². The van der Waals surface area contributed by atoms with E-state index in [0.717, 1.165) is 11.3 Å². The molecule has 0 atom stereocenters. The molecular formula is C19H24N2O. The van der Waals surface area contributed by atoms with Gasteiger partial charge < -0.3 is 10.2 Å². The van der Waals surface area contributed by atoms with Gasteiger partial charge in [0.15, 0.2) is 0 Å². The van der Waals surface area contributed by atoms with Gasteiger partial charge in [-0.05, 0) is 44.0 Å². The zero-order valence-corrected chi connectivity index (χ0v) is 13.6. The van der Waals surface area contributed by atoms with E-state index in [4.69, 9.17) is 0 Å². The fourth-order valence-electron chi connectivity index (χ4n) is 2.53. The second-order valence-corrected chi connectivity index (χ2v) is 5.57. The van der Waals surface area contributed by atoms with Crippen molar-refractivity contribution in [2.45, 2.75) is 27.3 Å². The number of anilines is 1.